The quantitative estimate of drug-likeness (QED) is 0.347. The number of ether oxygens (including phenoxy) is 2. The molecule has 27 heavy (non-hydrogen) atoms. The van der Waals surface area contributed by atoms with Crippen molar-refractivity contribution in [1.29, 1.82) is 0 Å². The molecule has 0 bridgehead atoms. The summed E-state index contributed by atoms with van der Waals surface area (Å²) >= 11 is 0. The first kappa shape index (κ1) is 20.7. The Labute approximate surface area is 161 Å². The summed E-state index contributed by atoms with van der Waals surface area (Å²) in [5.41, 5.74) is 0.899. The van der Waals surface area contributed by atoms with E-state index in [2.05, 4.69) is 0 Å². The Bertz CT molecular complexity index is 727. The summed E-state index contributed by atoms with van der Waals surface area (Å²) < 4.78 is 11.0. The average Bonchev–Trinajstić information content (AvgIpc) is 2.64. The highest BCUT2D eigenvalue weighted by atomic mass is 16.6. The molecule has 0 N–H and O–H groups in total. The van der Waals surface area contributed by atoms with Gasteiger partial charge in [-0.1, -0.05) is 30.3 Å². The summed E-state index contributed by atoms with van der Waals surface area (Å²) in [4.78, 5) is 24.0. The summed E-state index contributed by atoms with van der Waals surface area (Å²) in [5.74, 6) is 0.595. The van der Waals surface area contributed by atoms with Crippen LogP contribution in [0.5, 0.6) is 5.75 Å². The molecule has 2 aromatic rings. The van der Waals surface area contributed by atoms with Crippen LogP contribution in [0.4, 0.5) is 0 Å². The maximum absolute atomic E-state index is 12.4. The largest absolute Gasteiger partial charge is 0.494 e. The van der Waals surface area contributed by atoms with Gasteiger partial charge in [0, 0.05) is 17.5 Å². The van der Waals surface area contributed by atoms with Gasteiger partial charge in [0.05, 0.1) is 6.61 Å². The minimum Gasteiger partial charge on any atom is -0.494 e. The summed E-state index contributed by atoms with van der Waals surface area (Å²) in [6, 6.07) is 16.4. The lowest BCUT2D eigenvalue weighted by atomic mass is 10.0. The molecule has 4 heteroatoms. The van der Waals surface area contributed by atoms with E-state index in [9.17, 15) is 9.59 Å². The number of rotatable bonds is 9. The summed E-state index contributed by atoms with van der Waals surface area (Å²) in [6.45, 7) is 6.20. The first-order valence-electron chi connectivity index (χ1n) is 9.39. The molecule has 0 saturated carbocycles. The van der Waals surface area contributed by atoms with E-state index in [1.807, 2.05) is 63.2 Å². The Morgan fingerprint density at radius 2 is 1.44 bits per heavy atom. The van der Waals surface area contributed by atoms with Crippen molar-refractivity contribution in [2.24, 2.45) is 0 Å². The SMILES string of the molecule is CC(C)(C)OC(=O)CCCCCOc1ccc(C(=O)c2ccccc2)cc1. The summed E-state index contributed by atoms with van der Waals surface area (Å²) in [6.07, 6.45) is 3.01. The second kappa shape index (κ2) is 9.91. The molecule has 2 aromatic carbocycles. The smallest absolute Gasteiger partial charge is 0.306 e. The third-order valence-electron chi connectivity index (χ3n) is 3.87. The van der Waals surface area contributed by atoms with Crippen LogP contribution >= 0.6 is 0 Å². The molecule has 0 amide bonds. The maximum atomic E-state index is 12.4. The Morgan fingerprint density at radius 3 is 2.07 bits per heavy atom. The third-order valence-corrected chi connectivity index (χ3v) is 3.87. The molecule has 0 aromatic heterocycles. The number of hydrogen-bond donors (Lipinski definition) is 0. The zero-order valence-electron chi connectivity index (χ0n) is 16.4. The summed E-state index contributed by atoms with van der Waals surface area (Å²) in [7, 11) is 0. The Balaban J connectivity index is 1.67. The zero-order valence-corrected chi connectivity index (χ0v) is 16.4. The molecule has 0 fully saturated rings. The van der Waals surface area contributed by atoms with Crippen LogP contribution in [0.1, 0.15) is 62.4 Å². The molecule has 0 aliphatic carbocycles. The van der Waals surface area contributed by atoms with Gasteiger partial charge in [-0.2, -0.15) is 0 Å². The van der Waals surface area contributed by atoms with E-state index in [0.717, 1.165) is 25.0 Å². The van der Waals surface area contributed by atoms with E-state index in [1.54, 1.807) is 12.1 Å². The standard InChI is InChI=1S/C23H28O4/c1-23(2,3)27-21(24)12-8-5-9-17-26-20-15-13-19(14-16-20)22(25)18-10-6-4-7-11-18/h4,6-7,10-11,13-16H,5,8-9,12,17H2,1-3H3. The van der Waals surface area contributed by atoms with Gasteiger partial charge in [0.2, 0.25) is 0 Å². The van der Waals surface area contributed by atoms with Crippen LogP contribution in [0, 0.1) is 0 Å². The van der Waals surface area contributed by atoms with Gasteiger partial charge in [-0.25, -0.2) is 0 Å². The molecule has 0 radical (unpaired) electrons. The highest BCUT2D eigenvalue weighted by Gasteiger charge is 2.15. The number of hydrogen-bond acceptors (Lipinski definition) is 4. The lowest BCUT2D eigenvalue weighted by Gasteiger charge is -2.19. The molecule has 0 spiro atoms. The Hall–Kier alpha value is -2.62. The van der Waals surface area contributed by atoms with Gasteiger partial charge in [0.15, 0.2) is 5.78 Å². The number of benzene rings is 2. The van der Waals surface area contributed by atoms with Crippen molar-refractivity contribution in [2.45, 2.75) is 52.1 Å². The lowest BCUT2D eigenvalue weighted by Crippen LogP contribution is -2.23. The topological polar surface area (TPSA) is 52.6 Å². The third kappa shape index (κ3) is 7.65. The minimum absolute atomic E-state index is 0.00397. The molecule has 0 unspecified atom stereocenters. The van der Waals surface area contributed by atoms with Crippen LogP contribution in [0.15, 0.2) is 54.6 Å². The summed E-state index contributed by atoms with van der Waals surface area (Å²) in [5, 5.41) is 0. The Kier molecular flexibility index (Phi) is 7.59. The normalized spacial score (nSPS) is 11.1. The Morgan fingerprint density at radius 1 is 0.815 bits per heavy atom. The molecule has 2 rings (SSSR count). The molecule has 144 valence electrons. The number of carbonyl (C=O) groups is 2. The fraction of sp³-hybridized carbons (Fsp3) is 0.391. The van der Waals surface area contributed by atoms with Gasteiger partial charge in [0.1, 0.15) is 11.4 Å². The van der Waals surface area contributed by atoms with Crippen molar-refractivity contribution in [3.63, 3.8) is 0 Å². The monoisotopic (exact) mass is 368 g/mol. The van der Waals surface area contributed by atoms with E-state index in [0.29, 0.717) is 24.2 Å². The van der Waals surface area contributed by atoms with E-state index >= 15 is 0 Å². The van der Waals surface area contributed by atoms with Gasteiger partial charge < -0.3 is 9.47 Å². The number of ketones is 1. The van der Waals surface area contributed by atoms with E-state index in [1.165, 1.54) is 0 Å². The van der Waals surface area contributed by atoms with Crippen LogP contribution < -0.4 is 4.74 Å². The number of esters is 1. The molecule has 4 nitrogen and oxygen atoms in total. The van der Waals surface area contributed by atoms with E-state index in [4.69, 9.17) is 9.47 Å². The van der Waals surface area contributed by atoms with Crippen molar-refractivity contribution in [2.75, 3.05) is 6.61 Å². The van der Waals surface area contributed by atoms with Gasteiger partial charge >= 0.3 is 5.97 Å². The van der Waals surface area contributed by atoms with E-state index in [-0.39, 0.29) is 11.8 Å². The maximum Gasteiger partial charge on any atom is 0.306 e. The molecular weight excluding hydrogens is 340 g/mol. The lowest BCUT2D eigenvalue weighted by molar-refractivity contribution is -0.154. The molecule has 0 aliphatic heterocycles. The second-order valence-corrected chi connectivity index (χ2v) is 7.47. The van der Waals surface area contributed by atoms with Crippen molar-refractivity contribution in [3.05, 3.63) is 65.7 Å². The van der Waals surface area contributed by atoms with E-state index < -0.39 is 5.60 Å². The predicted molar refractivity (Wildman–Crippen MR) is 106 cm³/mol. The number of unbranched alkanes of at least 4 members (excludes halogenated alkanes) is 2. The van der Waals surface area contributed by atoms with Crippen LogP contribution in [0.3, 0.4) is 0 Å². The van der Waals surface area contributed by atoms with Crippen LogP contribution in [-0.2, 0) is 9.53 Å². The molecule has 0 atom stereocenters. The van der Waals surface area contributed by atoms with Crippen molar-refractivity contribution >= 4 is 11.8 Å². The van der Waals surface area contributed by atoms with Crippen LogP contribution in [0.2, 0.25) is 0 Å². The molecule has 0 saturated heterocycles. The fourth-order valence-corrected chi connectivity index (χ4v) is 2.59. The highest BCUT2D eigenvalue weighted by molar-refractivity contribution is 6.08. The van der Waals surface area contributed by atoms with Gasteiger partial charge in [-0.05, 0) is 64.3 Å². The van der Waals surface area contributed by atoms with Gasteiger partial charge in [0.25, 0.3) is 0 Å². The van der Waals surface area contributed by atoms with Gasteiger partial charge in [-0.15, -0.1) is 0 Å². The zero-order chi connectivity index (χ0) is 19.7. The highest BCUT2D eigenvalue weighted by Crippen LogP contribution is 2.16. The molecular formula is C23H28O4. The van der Waals surface area contributed by atoms with Crippen molar-refractivity contribution < 1.29 is 19.1 Å². The molecule has 0 heterocycles. The first-order valence-corrected chi connectivity index (χ1v) is 9.39. The minimum atomic E-state index is -0.422. The van der Waals surface area contributed by atoms with Crippen LogP contribution in [-0.4, -0.2) is 24.0 Å². The van der Waals surface area contributed by atoms with Crippen molar-refractivity contribution in [3.8, 4) is 5.75 Å². The second-order valence-electron chi connectivity index (χ2n) is 7.47. The van der Waals surface area contributed by atoms with Crippen LogP contribution in [0.25, 0.3) is 0 Å². The first-order chi connectivity index (χ1) is 12.8. The predicted octanol–water partition coefficient (Wildman–Crippen LogP) is 5.20. The van der Waals surface area contributed by atoms with Gasteiger partial charge in [-0.3, -0.25) is 9.59 Å². The fourth-order valence-electron chi connectivity index (χ4n) is 2.59. The number of carbonyl (C=O) groups excluding carboxylic acids is 2. The van der Waals surface area contributed by atoms with Crippen molar-refractivity contribution in [1.82, 2.24) is 0 Å². The molecule has 0 aliphatic rings. The average molecular weight is 368 g/mol.